The van der Waals surface area contributed by atoms with Gasteiger partial charge in [-0.25, -0.2) is 0 Å². The number of hydrogen-bond acceptors (Lipinski definition) is 3. The summed E-state index contributed by atoms with van der Waals surface area (Å²) in [7, 11) is 0. The van der Waals surface area contributed by atoms with Gasteiger partial charge in [0.2, 0.25) is 0 Å². The van der Waals surface area contributed by atoms with Gasteiger partial charge in [-0.1, -0.05) is 0 Å². The molecule has 3 heteroatoms. The molecule has 0 amide bonds. The molecule has 0 heterocycles. The summed E-state index contributed by atoms with van der Waals surface area (Å²) in [5.74, 6) is 0.0171. The van der Waals surface area contributed by atoms with E-state index in [1.807, 2.05) is 0 Å². The van der Waals surface area contributed by atoms with Gasteiger partial charge in [0.05, 0.1) is 12.3 Å². The maximum Gasteiger partial charge on any atom is 0.173 e. The minimum absolute atomic E-state index is 0.0171. The first-order chi connectivity index (χ1) is 4.18. The molecule has 0 rings (SSSR count). The Morgan fingerprint density at radius 1 is 1.56 bits per heavy atom. The second-order valence-electron chi connectivity index (χ2n) is 1.81. The number of rotatable bonds is 3. The van der Waals surface area contributed by atoms with Gasteiger partial charge in [0.25, 0.3) is 0 Å². The van der Waals surface area contributed by atoms with E-state index in [9.17, 15) is 4.79 Å². The summed E-state index contributed by atoms with van der Waals surface area (Å²) in [6.07, 6.45) is 0. The zero-order chi connectivity index (χ0) is 7.28. The molecule has 0 unspecified atom stereocenters. The van der Waals surface area contributed by atoms with Crippen molar-refractivity contribution in [3.8, 4) is 0 Å². The van der Waals surface area contributed by atoms with Crippen molar-refractivity contribution in [2.24, 2.45) is 10.7 Å². The fraction of sp³-hybridized carbons (Fsp3) is 0.667. The first-order valence-electron chi connectivity index (χ1n) is 2.90. The zero-order valence-corrected chi connectivity index (χ0v) is 5.85. The van der Waals surface area contributed by atoms with E-state index >= 15 is 0 Å². The third kappa shape index (κ3) is 3.85. The summed E-state index contributed by atoms with van der Waals surface area (Å²) in [4.78, 5) is 14.4. The molecule has 3 nitrogen and oxygen atoms in total. The number of Topliss-reactive ketones (excluding diaryl/α,β-unsaturated/α-hetero) is 1. The minimum atomic E-state index is 0.0171. The van der Waals surface area contributed by atoms with Crippen molar-refractivity contribution in [2.75, 3.05) is 13.1 Å². The number of nitrogens with zero attached hydrogens (tertiary/aromatic N) is 1. The monoisotopic (exact) mass is 128 g/mol. The molecule has 0 bridgehead atoms. The van der Waals surface area contributed by atoms with Gasteiger partial charge >= 0.3 is 0 Å². The SMILES string of the molecule is CC(=O)C(C)=NCCN. The molecule has 0 radical (unpaired) electrons. The van der Waals surface area contributed by atoms with Crippen LogP contribution in [0, 0.1) is 0 Å². The second kappa shape index (κ2) is 4.21. The summed E-state index contributed by atoms with van der Waals surface area (Å²) in [5.41, 5.74) is 5.71. The molecule has 0 saturated heterocycles. The predicted octanol–water partition coefficient (Wildman–Crippen LogP) is -0.00500. The van der Waals surface area contributed by atoms with Crippen LogP contribution in [0.1, 0.15) is 13.8 Å². The third-order valence-electron chi connectivity index (χ3n) is 0.988. The molecular formula is C6H12N2O. The van der Waals surface area contributed by atoms with Crippen molar-refractivity contribution in [1.82, 2.24) is 0 Å². The summed E-state index contributed by atoms with van der Waals surface area (Å²) in [6.45, 7) is 4.24. The highest BCUT2D eigenvalue weighted by Crippen LogP contribution is 1.78. The Labute approximate surface area is 55.0 Å². The molecule has 9 heavy (non-hydrogen) atoms. The van der Waals surface area contributed by atoms with Crippen molar-refractivity contribution in [2.45, 2.75) is 13.8 Å². The van der Waals surface area contributed by atoms with Crippen molar-refractivity contribution < 1.29 is 4.79 Å². The van der Waals surface area contributed by atoms with E-state index in [1.165, 1.54) is 6.92 Å². The third-order valence-corrected chi connectivity index (χ3v) is 0.988. The molecular weight excluding hydrogens is 116 g/mol. The van der Waals surface area contributed by atoms with Crippen molar-refractivity contribution in [3.63, 3.8) is 0 Å². The molecule has 52 valence electrons. The summed E-state index contributed by atoms with van der Waals surface area (Å²) < 4.78 is 0. The first-order valence-corrected chi connectivity index (χ1v) is 2.90. The van der Waals surface area contributed by atoms with E-state index in [1.54, 1.807) is 6.92 Å². The van der Waals surface area contributed by atoms with Crippen LogP contribution in [-0.2, 0) is 4.79 Å². The lowest BCUT2D eigenvalue weighted by Gasteiger charge is -1.91. The number of carbonyl (C=O) groups is 1. The highest BCUT2D eigenvalue weighted by atomic mass is 16.1. The summed E-state index contributed by atoms with van der Waals surface area (Å²) in [5, 5.41) is 0. The lowest BCUT2D eigenvalue weighted by atomic mass is 10.3. The standard InChI is InChI=1S/C6H12N2O/c1-5(6(2)9)8-4-3-7/h3-4,7H2,1-2H3. The van der Waals surface area contributed by atoms with Crippen LogP contribution in [0.5, 0.6) is 0 Å². The largest absolute Gasteiger partial charge is 0.329 e. The molecule has 0 aliphatic carbocycles. The molecule has 2 N–H and O–H groups in total. The zero-order valence-electron chi connectivity index (χ0n) is 5.85. The molecule has 0 aliphatic rings. The van der Waals surface area contributed by atoms with Gasteiger partial charge in [0, 0.05) is 13.5 Å². The topological polar surface area (TPSA) is 55.5 Å². The van der Waals surface area contributed by atoms with Crippen LogP contribution in [0.4, 0.5) is 0 Å². The highest BCUT2D eigenvalue weighted by molar-refractivity contribution is 6.37. The van der Waals surface area contributed by atoms with Crippen LogP contribution >= 0.6 is 0 Å². The van der Waals surface area contributed by atoms with Crippen LogP contribution in [0.3, 0.4) is 0 Å². The lowest BCUT2D eigenvalue weighted by molar-refractivity contribution is -0.111. The Kier molecular flexibility index (Phi) is 3.88. The second-order valence-corrected chi connectivity index (χ2v) is 1.81. The van der Waals surface area contributed by atoms with Gasteiger partial charge in [-0.05, 0) is 6.92 Å². The molecule has 0 aliphatic heterocycles. The molecule has 0 saturated carbocycles. The normalized spacial score (nSPS) is 11.7. The van der Waals surface area contributed by atoms with Crippen LogP contribution in [-0.4, -0.2) is 24.6 Å². The highest BCUT2D eigenvalue weighted by Gasteiger charge is 1.94. The Hall–Kier alpha value is -0.700. The minimum Gasteiger partial charge on any atom is -0.329 e. The molecule has 0 fully saturated rings. The maximum atomic E-state index is 10.5. The summed E-state index contributed by atoms with van der Waals surface area (Å²) >= 11 is 0. The van der Waals surface area contributed by atoms with E-state index in [2.05, 4.69) is 4.99 Å². The van der Waals surface area contributed by atoms with E-state index in [0.717, 1.165) is 0 Å². The van der Waals surface area contributed by atoms with Crippen molar-refractivity contribution >= 4 is 11.5 Å². The number of nitrogens with two attached hydrogens (primary N) is 1. The average molecular weight is 128 g/mol. The van der Waals surface area contributed by atoms with E-state index in [-0.39, 0.29) is 5.78 Å². The first kappa shape index (κ1) is 8.30. The Balaban J connectivity index is 3.69. The Bertz CT molecular complexity index is 129. The van der Waals surface area contributed by atoms with Crippen LogP contribution in [0.15, 0.2) is 4.99 Å². The summed E-state index contributed by atoms with van der Waals surface area (Å²) in [6, 6.07) is 0. The van der Waals surface area contributed by atoms with Crippen molar-refractivity contribution in [3.05, 3.63) is 0 Å². The quantitative estimate of drug-likeness (QED) is 0.544. The van der Waals surface area contributed by atoms with Gasteiger partial charge in [0.15, 0.2) is 5.78 Å². The maximum absolute atomic E-state index is 10.5. The molecule has 0 atom stereocenters. The van der Waals surface area contributed by atoms with E-state index < -0.39 is 0 Å². The number of ketones is 1. The fourth-order valence-electron chi connectivity index (χ4n) is 0.344. The molecule has 0 aromatic heterocycles. The van der Waals surface area contributed by atoms with Crippen molar-refractivity contribution in [1.29, 1.82) is 0 Å². The van der Waals surface area contributed by atoms with Gasteiger partial charge in [-0.3, -0.25) is 9.79 Å². The number of carbonyl (C=O) groups excluding carboxylic acids is 1. The van der Waals surface area contributed by atoms with Crippen LogP contribution in [0.25, 0.3) is 0 Å². The molecule has 0 aromatic rings. The molecule has 0 spiro atoms. The van der Waals surface area contributed by atoms with Gasteiger partial charge in [-0.2, -0.15) is 0 Å². The number of aliphatic imine (C=N–C) groups is 1. The van der Waals surface area contributed by atoms with Gasteiger partial charge < -0.3 is 5.73 Å². The number of hydrogen-bond donors (Lipinski definition) is 1. The average Bonchev–Trinajstić information content (AvgIpc) is 1.82. The lowest BCUT2D eigenvalue weighted by Crippen LogP contribution is -2.09. The van der Waals surface area contributed by atoms with Gasteiger partial charge in [-0.15, -0.1) is 0 Å². The Morgan fingerprint density at radius 3 is 2.44 bits per heavy atom. The van der Waals surface area contributed by atoms with Gasteiger partial charge in [0.1, 0.15) is 0 Å². The smallest absolute Gasteiger partial charge is 0.173 e. The van der Waals surface area contributed by atoms with Crippen LogP contribution < -0.4 is 5.73 Å². The Morgan fingerprint density at radius 2 is 2.11 bits per heavy atom. The van der Waals surface area contributed by atoms with E-state index in [4.69, 9.17) is 5.73 Å². The van der Waals surface area contributed by atoms with Crippen LogP contribution in [0.2, 0.25) is 0 Å². The van der Waals surface area contributed by atoms with E-state index in [0.29, 0.717) is 18.8 Å². The predicted molar refractivity (Wildman–Crippen MR) is 37.7 cm³/mol. The fourth-order valence-corrected chi connectivity index (χ4v) is 0.344. The molecule has 0 aromatic carbocycles.